The molecule has 0 amide bonds. The van der Waals surface area contributed by atoms with Crippen molar-refractivity contribution in [3.63, 3.8) is 0 Å². The van der Waals surface area contributed by atoms with Gasteiger partial charge in [0.1, 0.15) is 5.71 Å². The summed E-state index contributed by atoms with van der Waals surface area (Å²) in [6, 6.07) is 0. The fourth-order valence-corrected chi connectivity index (χ4v) is 0.275. The Morgan fingerprint density at radius 3 is 2.25 bits per heavy atom. The van der Waals surface area contributed by atoms with Crippen LogP contribution in [-0.4, -0.2) is 17.2 Å². The van der Waals surface area contributed by atoms with Gasteiger partial charge >= 0.3 is 0 Å². The highest BCUT2D eigenvalue weighted by atomic mass is 16.4. The van der Waals surface area contributed by atoms with Crippen LogP contribution >= 0.6 is 0 Å². The molecule has 0 spiro atoms. The van der Waals surface area contributed by atoms with Crippen LogP contribution in [0.5, 0.6) is 0 Å². The molecule has 0 aromatic heterocycles. The number of carbonyl (C=O) groups excluding carboxylic acids is 1. The molecule has 0 aliphatic heterocycles. The Hall–Kier alpha value is -0.860. The van der Waals surface area contributed by atoms with Crippen molar-refractivity contribution in [3.8, 4) is 0 Å². The summed E-state index contributed by atoms with van der Waals surface area (Å²) in [4.78, 5) is 9.89. The Bertz CT molecular complexity index is 107. The highest BCUT2D eigenvalue weighted by Crippen LogP contribution is 1.91. The molecule has 0 aromatic rings. The van der Waals surface area contributed by atoms with Crippen molar-refractivity contribution in [2.75, 3.05) is 0 Å². The minimum atomic E-state index is 0.0116. The molecule has 46 valence electrons. The summed E-state index contributed by atoms with van der Waals surface area (Å²) in [5.41, 5.74) is 0.185. The molecule has 0 saturated heterocycles. The van der Waals surface area contributed by atoms with Gasteiger partial charge in [0.2, 0.25) is 0 Å². The molecule has 0 aliphatic carbocycles. The van der Waals surface area contributed by atoms with Crippen LogP contribution in [0, 0.1) is 5.92 Å². The Kier molecular flexibility index (Phi) is 2.84. The van der Waals surface area contributed by atoms with Crippen LogP contribution in [0.4, 0.5) is 0 Å². The van der Waals surface area contributed by atoms with Crippen LogP contribution in [0.1, 0.15) is 13.8 Å². The molecule has 0 heterocycles. The summed E-state index contributed by atoms with van der Waals surface area (Å²) >= 11 is 0. The van der Waals surface area contributed by atoms with E-state index in [1.165, 1.54) is 0 Å². The fraction of sp³-hybridized carbons (Fsp3) is 0.600. The molecule has 0 aliphatic rings. The Balaban J connectivity index is 3.91. The van der Waals surface area contributed by atoms with E-state index in [0.29, 0.717) is 6.29 Å². The van der Waals surface area contributed by atoms with Crippen LogP contribution in [0.2, 0.25) is 0 Å². The molecule has 3 nitrogen and oxygen atoms in total. The van der Waals surface area contributed by atoms with Crippen molar-refractivity contribution in [1.82, 2.24) is 0 Å². The van der Waals surface area contributed by atoms with Gasteiger partial charge < -0.3 is 5.21 Å². The Morgan fingerprint density at radius 2 is 2.25 bits per heavy atom. The van der Waals surface area contributed by atoms with E-state index in [0.717, 1.165) is 0 Å². The highest BCUT2D eigenvalue weighted by Gasteiger charge is 2.01. The molecule has 0 fully saturated rings. The van der Waals surface area contributed by atoms with Gasteiger partial charge in [-0.2, -0.15) is 0 Å². The molecular formula is C5H9NO2. The lowest BCUT2D eigenvalue weighted by molar-refractivity contribution is -0.103. The van der Waals surface area contributed by atoms with Gasteiger partial charge in [0.25, 0.3) is 0 Å². The van der Waals surface area contributed by atoms with Crippen molar-refractivity contribution in [1.29, 1.82) is 0 Å². The molecule has 0 bridgehead atoms. The number of aldehydes is 1. The third-order valence-electron chi connectivity index (χ3n) is 0.828. The summed E-state index contributed by atoms with van der Waals surface area (Å²) in [5.74, 6) is 0.0116. The van der Waals surface area contributed by atoms with Crippen molar-refractivity contribution in [2.45, 2.75) is 13.8 Å². The van der Waals surface area contributed by atoms with E-state index in [1.54, 1.807) is 13.8 Å². The first-order valence-corrected chi connectivity index (χ1v) is 2.39. The normalized spacial score (nSPS) is 12.1. The first-order valence-electron chi connectivity index (χ1n) is 2.39. The third-order valence-corrected chi connectivity index (χ3v) is 0.828. The summed E-state index contributed by atoms with van der Waals surface area (Å²) in [6.07, 6.45) is 0.546. The molecule has 8 heavy (non-hydrogen) atoms. The quantitative estimate of drug-likeness (QED) is 0.249. The first kappa shape index (κ1) is 7.14. The maximum absolute atomic E-state index is 9.89. The minimum absolute atomic E-state index is 0.0116. The van der Waals surface area contributed by atoms with E-state index in [-0.39, 0.29) is 11.6 Å². The molecule has 0 aromatic carbocycles. The molecule has 1 N–H and O–H groups in total. The second-order valence-electron chi connectivity index (χ2n) is 1.80. The van der Waals surface area contributed by atoms with Crippen molar-refractivity contribution in [3.05, 3.63) is 0 Å². The van der Waals surface area contributed by atoms with E-state index in [4.69, 9.17) is 5.21 Å². The lowest BCUT2D eigenvalue weighted by atomic mass is 10.1. The van der Waals surface area contributed by atoms with E-state index >= 15 is 0 Å². The number of oxime groups is 1. The van der Waals surface area contributed by atoms with Gasteiger partial charge in [-0.1, -0.05) is 19.0 Å². The Morgan fingerprint density at radius 1 is 1.75 bits per heavy atom. The zero-order chi connectivity index (χ0) is 6.57. The molecule has 0 rings (SSSR count). The first-order chi connectivity index (χ1) is 3.72. The van der Waals surface area contributed by atoms with Crippen LogP contribution < -0.4 is 0 Å². The molecule has 0 saturated carbocycles. The van der Waals surface area contributed by atoms with Gasteiger partial charge in [-0.05, 0) is 0 Å². The standard InChI is InChI=1S/C5H9NO2/c1-4(2)5(3-7)6-8/h3-4,8H,1-2H3/b6-5+. The second kappa shape index (κ2) is 3.18. The molecule has 0 atom stereocenters. The highest BCUT2D eigenvalue weighted by molar-refractivity contribution is 6.28. The number of rotatable bonds is 2. The Labute approximate surface area is 48.0 Å². The topological polar surface area (TPSA) is 49.7 Å². The van der Waals surface area contributed by atoms with Crippen LogP contribution in [0.25, 0.3) is 0 Å². The summed E-state index contributed by atoms with van der Waals surface area (Å²) in [5, 5.41) is 10.8. The van der Waals surface area contributed by atoms with Gasteiger partial charge in [0.15, 0.2) is 6.29 Å². The van der Waals surface area contributed by atoms with E-state index in [9.17, 15) is 4.79 Å². The van der Waals surface area contributed by atoms with Gasteiger partial charge in [-0.15, -0.1) is 0 Å². The van der Waals surface area contributed by atoms with Crippen molar-refractivity contribution < 1.29 is 10.0 Å². The predicted molar refractivity (Wildman–Crippen MR) is 30.1 cm³/mol. The van der Waals surface area contributed by atoms with Crippen LogP contribution in [0.3, 0.4) is 0 Å². The molecular weight excluding hydrogens is 106 g/mol. The van der Waals surface area contributed by atoms with E-state index in [1.807, 2.05) is 0 Å². The van der Waals surface area contributed by atoms with Crippen molar-refractivity contribution >= 4 is 12.0 Å². The number of hydrogen-bond acceptors (Lipinski definition) is 3. The average Bonchev–Trinajstić information content (AvgIpc) is 1.69. The minimum Gasteiger partial charge on any atom is -0.411 e. The number of carbonyl (C=O) groups is 1. The molecule has 0 unspecified atom stereocenters. The number of hydrogen-bond donors (Lipinski definition) is 1. The molecule has 3 heteroatoms. The van der Waals surface area contributed by atoms with Crippen molar-refractivity contribution in [2.24, 2.45) is 11.1 Å². The number of nitrogens with zero attached hydrogens (tertiary/aromatic N) is 1. The maximum atomic E-state index is 9.89. The van der Waals surface area contributed by atoms with E-state index in [2.05, 4.69) is 5.16 Å². The monoisotopic (exact) mass is 115 g/mol. The van der Waals surface area contributed by atoms with Gasteiger partial charge in [0.05, 0.1) is 0 Å². The largest absolute Gasteiger partial charge is 0.411 e. The predicted octanol–water partition coefficient (Wildman–Crippen LogP) is 0.671. The summed E-state index contributed by atoms with van der Waals surface area (Å²) in [6.45, 7) is 3.56. The fourth-order valence-electron chi connectivity index (χ4n) is 0.275. The summed E-state index contributed by atoms with van der Waals surface area (Å²) in [7, 11) is 0. The SMILES string of the molecule is CC(C)/C(C=O)=N/O. The smallest absolute Gasteiger partial charge is 0.167 e. The van der Waals surface area contributed by atoms with Crippen LogP contribution in [-0.2, 0) is 4.79 Å². The lowest BCUT2D eigenvalue weighted by Gasteiger charge is -1.95. The third kappa shape index (κ3) is 1.73. The summed E-state index contributed by atoms with van der Waals surface area (Å²) < 4.78 is 0. The average molecular weight is 115 g/mol. The lowest BCUT2D eigenvalue weighted by Crippen LogP contribution is -2.07. The van der Waals surface area contributed by atoms with Gasteiger partial charge in [0, 0.05) is 5.92 Å². The molecule has 0 radical (unpaired) electrons. The van der Waals surface area contributed by atoms with Crippen LogP contribution in [0.15, 0.2) is 5.16 Å². The second-order valence-corrected chi connectivity index (χ2v) is 1.80. The van der Waals surface area contributed by atoms with E-state index < -0.39 is 0 Å². The van der Waals surface area contributed by atoms with Gasteiger partial charge in [-0.25, -0.2) is 0 Å². The van der Waals surface area contributed by atoms with Gasteiger partial charge in [-0.3, -0.25) is 4.79 Å². The zero-order valence-corrected chi connectivity index (χ0v) is 4.96. The zero-order valence-electron chi connectivity index (χ0n) is 4.96. The maximum Gasteiger partial charge on any atom is 0.167 e.